The molecule has 0 N–H and O–H groups in total. The second-order valence-corrected chi connectivity index (χ2v) is 1.80. The van der Waals surface area contributed by atoms with E-state index in [0.717, 1.165) is 0 Å². The first-order valence-electron chi connectivity index (χ1n) is 2.98. The number of rotatable bonds is 3. The fraction of sp³-hybridized carbons (Fsp3) is 0.667. The highest BCUT2D eigenvalue weighted by atomic mass is 16.6. The van der Waals surface area contributed by atoms with Crippen molar-refractivity contribution in [3.8, 4) is 0 Å². The van der Waals surface area contributed by atoms with Gasteiger partial charge in [-0.1, -0.05) is 6.92 Å². The molecular formula is C6H9O4. The fourth-order valence-electron chi connectivity index (χ4n) is 0.329. The summed E-state index contributed by atoms with van der Waals surface area (Å²) in [5, 5.41) is 9.96. The van der Waals surface area contributed by atoms with E-state index in [0.29, 0.717) is 0 Å². The lowest BCUT2D eigenvalue weighted by molar-refractivity contribution is -0.166. The van der Waals surface area contributed by atoms with Crippen molar-refractivity contribution in [2.75, 3.05) is 0 Å². The van der Waals surface area contributed by atoms with Crippen LogP contribution in [-0.2, 0) is 19.4 Å². The predicted octanol–water partition coefficient (Wildman–Crippen LogP) is 0.285. The number of carbonyl (C=O) groups excluding carboxylic acids is 2. The van der Waals surface area contributed by atoms with Crippen molar-refractivity contribution in [1.82, 2.24) is 0 Å². The maximum atomic E-state index is 10.4. The van der Waals surface area contributed by atoms with Crippen molar-refractivity contribution in [3.05, 3.63) is 0 Å². The summed E-state index contributed by atoms with van der Waals surface area (Å²) in [7, 11) is 0. The molecule has 0 aliphatic carbocycles. The molecule has 10 heavy (non-hydrogen) atoms. The van der Waals surface area contributed by atoms with Gasteiger partial charge in [0, 0.05) is 6.42 Å². The van der Waals surface area contributed by atoms with Gasteiger partial charge in [0.1, 0.15) is 0 Å². The van der Waals surface area contributed by atoms with Crippen molar-refractivity contribution >= 4 is 11.9 Å². The number of hydrogen-bond donors (Lipinski definition) is 0. The number of carbonyl (C=O) groups is 2. The van der Waals surface area contributed by atoms with Gasteiger partial charge in [-0.05, 0) is 6.92 Å². The van der Waals surface area contributed by atoms with Crippen LogP contribution in [0, 0.1) is 0 Å². The SMILES string of the molecule is CCC(=O)OC(C)C([O])=O. The molecule has 0 bridgehead atoms. The number of ether oxygens (including phenoxy) is 1. The minimum atomic E-state index is -1.37. The molecule has 0 aliphatic rings. The Morgan fingerprint density at radius 3 is 2.30 bits per heavy atom. The molecule has 4 heteroatoms. The highest BCUT2D eigenvalue weighted by molar-refractivity contribution is 5.77. The van der Waals surface area contributed by atoms with Crippen LogP contribution in [0.3, 0.4) is 0 Å². The van der Waals surface area contributed by atoms with Crippen LogP contribution in [0.2, 0.25) is 0 Å². The third kappa shape index (κ3) is 3.06. The van der Waals surface area contributed by atoms with Gasteiger partial charge in [0.05, 0.1) is 0 Å². The third-order valence-electron chi connectivity index (χ3n) is 0.929. The van der Waals surface area contributed by atoms with Crippen molar-refractivity contribution in [3.63, 3.8) is 0 Å². The Bertz CT molecular complexity index is 141. The average molecular weight is 145 g/mol. The first-order valence-corrected chi connectivity index (χ1v) is 2.98. The van der Waals surface area contributed by atoms with Gasteiger partial charge in [0.15, 0.2) is 0 Å². The Hall–Kier alpha value is -1.06. The molecule has 0 rings (SSSR count). The van der Waals surface area contributed by atoms with Crippen LogP contribution in [0.1, 0.15) is 20.3 Å². The third-order valence-corrected chi connectivity index (χ3v) is 0.929. The van der Waals surface area contributed by atoms with E-state index in [1.807, 2.05) is 0 Å². The fourth-order valence-corrected chi connectivity index (χ4v) is 0.329. The summed E-state index contributed by atoms with van der Waals surface area (Å²) < 4.78 is 4.36. The highest BCUT2D eigenvalue weighted by Gasteiger charge is 2.16. The zero-order valence-corrected chi connectivity index (χ0v) is 5.92. The molecule has 0 fully saturated rings. The molecule has 0 aromatic rings. The molecule has 4 nitrogen and oxygen atoms in total. The van der Waals surface area contributed by atoms with Crippen LogP contribution in [-0.4, -0.2) is 18.0 Å². The summed E-state index contributed by atoms with van der Waals surface area (Å²) >= 11 is 0. The van der Waals surface area contributed by atoms with Crippen LogP contribution in [0.5, 0.6) is 0 Å². The van der Waals surface area contributed by atoms with E-state index in [2.05, 4.69) is 4.74 Å². The van der Waals surface area contributed by atoms with Gasteiger partial charge in [-0.25, -0.2) is 9.90 Å². The summed E-state index contributed by atoms with van der Waals surface area (Å²) in [6, 6.07) is 0. The molecule has 0 aromatic heterocycles. The van der Waals surface area contributed by atoms with E-state index in [-0.39, 0.29) is 6.42 Å². The Balaban J connectivity index is 3.68. The first kappa shape index (κ1) is 8.94. The number of hydrogen-bond acceptors (Lipinski definition) is 3. The Morgan fingerprint density at radius 1 is 1.50 bits per heavy atom. The molecule has 0 saturated heterocycles. The molecule has 1 unspecified atom stereocenters. The van der Waals surface area contributed by atoms with E-state index in [9.17, 15) is 14.7 Å². The second kappa shape index (κ2) is 3.87. The monoisotopic (exact) mass is 145 g/mol. The lowest BCUT2D eigenvalue weighted by Gasteiger charge is -2.04. The van der Waals surface area contributed by atoms with E-state index < -0.39 is 18.0 Å². The highest BCUT2D eigenvalue weighted by Crippen LogP contribution is 1.93. The molecule has 0 aliphatic heterocycles. The van der Waals surface area contributed by atoms with Crippen LogP contribution in [0.15, 0.2) is 0 Å². The van der Waals surface area contributed by atoms with Gasteiger partial charge < -0.3 is 4.74 Å². The molecule has 1 radical (unpaired) electrons. The lowest BCUT2D eigenvalue weighted by Crippen LogP contribution is -2.22. The molecule has 0 aromatic carbocycles. The maximum absolute atomic E-state index is 10.4. The summed E-state index contributed by atoms with van der Waals surface area (Å²) in [6.07, 6.45) is -0.968. The van der Waals surface area contributed by atoms with Gasteiger partial charge in [-0.2, -0.15) is 0 Å². The smallest absolute Gasteiger partial charge is 0.395 e. The molecule has 0 saturated carbocycles. The van der Waals surface area contributed by atoms with Gasteiger partial charge in [0.25, 0.3) is 0 Å². The molecular weight excluding hydrogens is 136 g/mol. The second-order valence-electron chi connectivity index (χ2n) is 1.80. The quantitative estimate of drug-likeness (QED) is 0.536. The van der Waals surface area contributed by atoms with Crippen molar-refractivity contribution in [2.45, 2.75) is 26.4 Å². The van der Waals surface area contributed by atoms with Crippen LogP contribution in [0.25, 0.3) is 0 Å². The molecule has 0 heterocycles. The van der Waals surface area contributed by atoms with Gasteiger partial charge >= 0.3 is 11.9 Å². The zero-order valence-electron chi connectivity index (χ0n) is 5.92. The van der Waals surface area contributed by atoms with E-state index in [1.165, 1.54) is 6.92 Å². The topological polar surface area (TPSA) is 63.3 Å². The Morgan fingerprint density at radius 2 is 2.00 bits per heavy atom. The average Bonchev–Trinajstić information content (AvgIpc) is 1.87. The largest absolute Gasteiger partial charge is 0.450 e. The van der Waals surface area contributed by atoms with Crippen LogP contribution >= 0.6 is 0 Å². The van der Waals surface area contributed by atoms with E-state index in [4.69, 9.17) is 0 Å². The van der Waals surface area contributed by atoms with Crippen LogP contribution in [0.4, 0.5) is 0 Å². The summed E-state index contributed by atoms with van der Waals surface area (Å²) in [4.78, 5) is 20.4. The Kier molecular flexibility index (Phi) is 3.46. The van der Waals surface area contributed by atoms with E-state index in [1.54, 1.807) is 6.92 Å². The molecule has 0 amide bonds. The molecule has 0 spiro atoms. The van der Waals surface area contributed by atoms with Gasteiger partial charge in [-0.15, -0.1) is 0 Å². The standard InChI is InChI=1S/C6H9O4/c1-3-5(7)10-4(2)6(8)9/h4H,3H2,1-2H3. The molecule has 1 atom stereocenters. The Labute approximate surface area is 58.8 Å². The minimum Gasteiger partial charge on any atom is -0.450 e. The van der Waals surface area contributed by atoms with Crippen LogP contribution < -0.4 is 0 Å². The minimum absolute atomic E-state index is 0.178. The van der Waals surface area contributed by atoms with Crippen molar-refractivity contribution < 1.29 is 19.4 Å². The first-order chi connectivity index (χ1) is 4.57. The summed E-state index contributed by atoms with van der Waals surface area (Å²) in [6.45, 7) is 2.84. The van der Waals surface area contributed by atoms with Crippen molar-refractivity contribution in [2.24, 2.45) is 0 Å². The summed E-state index contributed by atoms with van der Waals surface area (Å²) in [5.74, 6) is -1.90. The molecule has 57 valence electrons. The lowest BCUT2D eigenvalue weighted by atomic mass is 10.4. The maximum Gasteiger partial charge on any atom is 0.395 e. The van der Waals surface area contributed by atoms with Gasteiger partial charge in [-0.3, -0.25) is 4.79 Å². The van der Waals surface area contributed by atoms with Crippen molar-refractivity contribution in [1.29, 1.82) is 0 Å². The summed E-state index contributed by atoms with van der Waals surface area (Å²) in [5.41, 5.74) is 0. The number of esters is 1. The van der Waals surface area contributed by atoms with Gasteiger partial charge in [0.2, 0.25) is 6.10 Å². The normalized spacial score (nSPS) is 12.2. The predicted molar refractivity (Wildman–Crippen MR) is 31.5 cm³/mol. The zero-order chi connectivity index (χ0) is 8.15. The van der Waals surface area contributed by atoms with E-state index >= 15 is 0 Å².